The highest BCUT2D eigenvalue weighted by Gasteiger charge is 2.44. The maximum absolute atomic E-state index is 13.0. The molecule has 402 valence electrons. The molecule has 1 aliphatic rings. The molecule has 0 aromatic rings. The van der Waals surface area contributed by atoms with Crippen LogP contribution >= 0.6 is 0 Å². The minimum Gasteiger partial charge on any atom is -0.466 e. The summed E-state index contributed by atoms with van der Waals surface area (Å²) in [5.41, 5.74) is 0. The quantitative estimate of drug-likeness (QED) is 0.0196. The normalized spacial score (nSPS) is 19.7. The van der Waals surface area contributed by atoms with Gasteiger partial charge in [-0.3, -0.25) is 9.59 Å². The Morgan fingerprint density at radius 2 is 0.971 bits per heavy atom. The van der Waals surface area contributed by atoms with Crippen LogP contribution in [0.25, 0.3) is 0 Å². The summed E-state index contributed by atoms with van der Waals surface area (Å²) >= 11 is 0. The zero-order chi connectivity index (χ0) is 50.3. The van der Waals surface area contributed by atoms with E-state index in [1.807, 2.05) is 6.08 Å². The van der Waals surface area contributed by atoms with Crippen molar-refractivity contribution in [2.24, 2.45) is 0 Å². The molecule has 0 aliphatic carbocycles. The van der Waals surface area contributed by atoms with Gasteiger partial charge in [-0.25, -0.2) is 0 Å². The van der Waals surface area contributed by atoms with Crippen molar-refractivity contribution >= 4 is 11.9 Å². The van der Waals surface area contributed by atoms with Crippen LogP contribution in [0.5, 0.6) is 0 Å². The van der Waals surface area contributed by atoms with E-state index in [0.29, 0.717) is 25.9 Å². The SMILES string of the molecule is CCCCC/C=C\C/C=C\CCCCCCCCCCCC(=O)OCCCCCCCC/C=C\CCCCCC(=O)NC(COC1OC(CO)C(O)C(O)C1O)C(O)/C=C/CCCCCCCCC. The summed E-state index contributed by atoms with van der Waals surface area (Å²) in [6, 6.07) is -0.830. The summed E-state index contributed by atoms with van der Waals surface area (Å²) in [5.74, 6) is -0.255. The standard InChI is InChI=1S/C58H105NO10/c1-3-5-7-9-11-13-14-15-16-17-18-19-20-23-26-30-34-38-42-46-54(63)67-47-43-39-35-31-27-24-21-22-25-29-33-37-41-45-53(62)59-50(51(61)44-40-36-32-28-12-10-8-6-4-2)49-68-58-57(66)56(65)55(64)52(48-60)69-58/h11,13,15-16,22,25,40,44,50-52,55-58,60-61,64-66H,3-10,12,14,17-21,23-24,26-39,41-43,45-49H2,1-2H3,(H,59,62)/b13-11-,16-15-,25-22-,44-40+. The summed E-state index contributed by atoms with van der Waals surface area (Å²) in [5, 5.41) is 54.1. The van der Waals surface area contributed by atoms with Gasteiger partial charge in [0.1, 0.15) is 24.4 Å². The first-order valence-corrected chi connectivity index (χ1v) is 28.4. The fraction of sp³-hybridized carbons (Fsp3) is 0.828. The number of aliphatic hydroxyl groups is 5. The predicted octanol–water partition coefficient (Wildman–Crippen LogP) is 12.5. The minimum absolute atomic E-state index is 0.0395. The van der Waals surface area contributed by atoms with Gasteiger partial charge >= 0.3 is 5.97 Å². The molecule has 0 aromatic heterocycles. The Bertz CT molecular complexity index is 1290. The average molecular weight is 976 g/mol. The fourth-order valence-electron chi connectivity index (χ4n) is 8.57. The molecule has 1 fully saturated rings. The number of hydrogen-bond donors (Lipinski definition) is 6. The van der Waals surface area contributed by atoms with Crippen LogP contribution < -0.4 is 5.32 Å². The molecule has 1 saturated heterocycles. The zero-order valence-electron chi connectivity index (χ0n) is 44.0. The van der Waals surface area contributed by atoms with E-state index in [4.69, 9.17) is 14.2 Å². The number of aliphatic hydroxyl groups excluding tert-OH is 5. The average Bonchev–Trinajstić information content (AvgIpc) is 3.34. The van der Waals surface area contributed by atoms with Gasteiger partial charge in [-0.05, 0) is 89.9 Å². The highest BCUT2D eigenvalue weighted by atomic mass is 16.7. The van der Waals surface area contributed by atoms with Gasteiger partial charge in [0, 0.05) is 12.8 Å². The van der Waals surface area contributed by atoms with Crippen LogP contribution in [-0.4, -0.2) is 100 Å². The molecule has 1 rings (SSSR count). The molecule has 0 aromatic carbocycles. The van der Waals surface area contributed by atoms with Crippen molar-refractivity contribution in [1.82, 2.24) is 5.32 Å². The molecule has 7 unspecified atom stereocenters. The summed E-state index contributed by atoms with van der Waals surface area (Å²) in [7, 11) is 0. The Labute approximate surface area is 421 Å². The number of ether oxygens (including phenoxy) is 3. The first kappa shape index (κ1) is 64.6. The summed E-state index contributed by atoms with van der Waals surface area (Å²) in [6.45, 7) is 4.21. The molecule has 0 bridgehead atoms. The lowest BCUT2D eigenvalue weighted by Gasteiger charge is -2.40. The number of carbonyl (C=O) groups excluding carboxylic acids is 2. The Balaban J connectivity index is 2.08. The lowest BCUT2D eigenvalue weighted by molar-refractivity contribution is -0.302. The Kier molecular flexibility index (Phi) is 44.9. The van der Waals surface area contributed by atoms with Crippen molar-refractivity contribution in [3.8, 4) is 0 Å². The third kappa shape index (κ3) is 38.0. The largest absolute Gasteiger partial charge is 0.466 e. The first-order chi connectivity index (χ1) is 33.7. The third-order valence-corrected chi connectivity index (χ3v) is 13.2. The van der Waals surface area contributed by atoms with Gasteiger partial charge in [0.15, 0.2) is 6.29 Å². The number of amides is 1. The van der Waals surface area contributed by atoms with E-state index in [1.165, 1.54) is 135 Å². The number of allylic oxidation sites excluding steroid dienone is 7. The van der Waals surface area contributed by atoms with Gasteiger partial charge in [-0.1, -0.05) is 191 Å². The first-order valence-electron chi connectivity index (χ1n) is 28.4. The Hall–Kier alpha value is -2.38. The molecule has 11 nitrogen and oxygen atoms in total. The number of carbonyl (C=O) groups is 2. The number of nitrogens with one attached hydrogen (secondary N) is 1. The van der Waals surface area contributed by atoms with E-state index in [0.717, 1.165) is 77.0 Å². The summed E-state index contributed by atoms with van der Waals surface area (Å²) < 4.78 is 16.6. The lowest BCUT2D eigenvalue weighted by atomic mass is 9.99. The van der Waals surface area contributed by atoms with Gasteiger partial charge in [-0.2, -0.15) is 0 Å². The van der Waals surface area contributed by atoms with E-state index in [2.05, 4.69) is 55.6 Å². The maximum Gasteiger partial charge on any atom is 0.305 e. The van der Waals surface area contributed by atoms with Crippen molar-refractivity contribution in [2.75, 3.05) is 19.8 Å². The zero-order valence-corrected chi connectivity index (χ0v) is 44.0. The smallest absolute Gasteiger partial charge is 0.305 e. The van der Waals surface area contributed by atoms with E-state index in [1.54, 1.807) is 6.08 Å². The van der Waals surface area contributed by atoms with Gasteiger partial charge in [0.05, 0.1) is 32.0 Å². The molecule has 1 amide bonds. The van der Waals surface area contributed by atoms with Crippen LogP contribution in [0.1, 0.15) is 245 Å². The van der Waals surface area contributed by atoms with Crippen molar-refractivity contribution in [2.45, 2.75) is 288 Å². The van der Waals surface area contributed by atoms with Crippen LogP contribution in [0, 0.1) is 0 Å². The van der Waals surface area contributed by atoms with E-state index < -0.39 is 49.5 Å². The molecule has 0 radical (unpaired) electrons. The molecule has 7 atom stereocenters. The maximum atomic E-state index is 13.0. The van der Waals surface area contributed by atoms with Crippen LogP contribution in [0.3, 0.4) is 0 Å². The molecule has 1 aliphatic heterocycles. The molecule has 0 spiro atoms. The van der Waals surface area contributed by atoms with E-state index in [9.17, 15) is 35.1 Å². The van der Waals surface area contributed by atoms with Crippen LogP contribution in [-0.2, 0) is 23.8 Å². The summed E-state index contributed by atoms with van der Waals surface area (Å²) in [4.78, 5) is 25.1. The number of unbranched alkanes of at least 4 members (excludes halogenated alkanes) is 28. The molecule has 1 heterocycles. The second-order valence-corrected chi connectivity index (χ2v) is 19.6. The second kappa shape index (κ2) is 47.9. The number of hydrogen-bond acceptors (Lipinski definition) is 10. The van der Waals surface area contributed by atoms with Crippen LogP contribution in [0.2, 0.25) is 0 Å². The monoisotopic (exact) mass is 976 g/mol. The molecule has 69 heavy (non-hydrogen) atoms. The highest BCUT2D eigenvalue weighted by Crippen LogP contribution is 2.23. The molecular formula is C58H105NO10. The predicted molar refractivity (Wildman–Crippen MR) is 283 cm³/mol. The van der Waals surface area contributed by atoms with Crippen molar-refractivity contribution in [1.29, 1.82) is 0 Å². The van der Waals surface area contributed by atoms with Gasteiger partial charge < -0.3 is 45.1 Å². The molecular weight excluding hydrogens is 871 g/mol. The Morgan fingerprint density at radius 1 is 0.536 bits per heavy atom. The van der Waals surface area contributed by atoms with Crippen LogP contribution in [0.15, 0.2) is 48.6 Å². The molecule has 6 N–H and O–H groups in total. The van der Waals surface area contributed by atoms with Crippen molar-refractivity contribution < 1.29 is 49.3 Å². The topological polar surface area (TPSA) is 175 Å². The lowest BCUT2D eigenvalue weighted by Crippen LogP contribution is -2.60. The molecule has 11 heteroatoms. The fourth-order valence-corrected chi connectivity index (χ4v) is 8.57. The number of rotatable bonds is 48. The summed E-state index contributed by atoms with van der Waals surface area (Å²) in [6.07, 6.45) is 49.2. The Morgan fingerprint density at radius 3 is 1.52 bits per heavy atom. The highest BCUT2D eigenvalue weighted by molar-refractivity contribution is 5.76. The van der Waals surface area contributed by atoms with E-state index >= 15 is 0 Å². The van der Waals surface area contributed by atoms with Crippen molar-refractivity contribution in [3.63, 3.8) is 0 Å². The van der Waals surface area contributed by atoms with Crippen LogP contribution in [0.4, 0.5) is 0 Å². The second-order valence-electron chi connectivity index (χ2n) is 19.6. The van der Waals surface area contributed by atoms with Gasteiger partial charge in [-0.15, -0.1) is 0 Å². The molecule has 0 saturated carbocycles. The van der Waals surface area contributed by atoms with Crippen molar-refractivity contribution in [3.05, 3.63) is 48.6 Å². The van der Waals surface area contributed by atoms with Gasteiger partial charge in [0.25, 0.3) is 0 Å². The van der Waals surface area contributed by atoms with E-state index in [-0.39, 0.29) is 18.5 Å². The number of esters is 1. The minimum atomic E-state index is -1.58. The third-order valence-electron chi connectivity index (χ3n) is 13.2. The van der Waals surface area contributed by atoms with Gasteiger partial charge in [0.2, 0.25) is 5.91 Å².